The third-order valence-electron chi connectivity index (χ3n) is 2.58. The number of nitrogens with two attached hydrogens (primary N) is 1. The van der Waals surface area contributed by atoms with Gasteiger partial charge in [0.2, 0.25) is 11.8 Å². The molecule has 1 aliphatic heterocycles. The first-order valence-corrected chi connectivity index (χ1v) is 5.59. The number of carbonyl (C=O) groups excluding carboxylic acids is 2. The van der Waals surface area contributed by atoms with Crippen LogP contribution in [0.4, 0.5) is 11.4 Å². The third kappa shape index (κ3) is 2.68. The van der Waals surface area contributed by atoms with E-state index in [-0.39, 0.29) is 11.8 Å². The lowest BCUT2D eigenvalue weighted by Crippen LogP contribution is -2.47. The Balaban J connectivity index is 2.10. The van der Waals surface area contributed by atoms with Gasteiger partial charge in [0.15, 0.2) is 0 Å². The molecule has 1 atom stereocenters. The Morgan fingerprint density at radius 3 is 2.82 bits per heavy atom. The van der Waals surface area contributed by atoms with Crippen LogP contribution in [0.15, 0.2) is 18.2 Å². The predicted octanol–water partition coefficient (Wildman–Crippen LogP) is 1.14. The zero-order valence-electron chi connectivity index (χ0n) is 9.00. The molecular formula is C11H12ClN3O2. The SMILES string of the molecule is Nc1cc(Cl)ccc1NC1CCC(=O)NC1=O. The average molecular weight is 254 g/mol. The van der Waals surface area contributed by atoms with Gasteiger partial charge in [-0.3, -0.25) is 14.9 Å². The van der Waals surface area contributed by atoms with E-state index in [1.54, 1.807) is 18.2 Å². The standard InChI is InChI=1S/C11H12ClN3O2/c12-6-1-2-8(7(13)5-6)14-9-3-4-10(16)15-11(9)17/h1-2,5,9,14H,3-4,13H2,(H,15,16,17). The van der Waals surface area contributed by atoms with Gasteiger partial charge in [-0.25, -0.2) is 0 Å². The van der Waals surface area contributed by atoms with Crippen molar-refractivity contribution in [2.75, 3.05) is 11.1 Å². The van der Waals surface area contributed by atoms with Crippen molar-refractivity contribution in [3.05, 3.63) is 23.2 Å². The molecule has 1 aromatic carbocycles. The normalized spacial score (nSPS) is 19.9. The predicted molar refractivity (Wildman–Crippen MR) is 65.7 cm³/mol. The lowest BCUT2D eigenvalue weighted by molar-refractivity contribution is -0.133. The van der Waals surface area contributed by atoms with Crippen molar-refractivity contribution in [3.63, 3.8) is 0 Å². The monoisotopic (exact) mass is 253 g/mol. The number of piperidine rings is 1. The highest BCUT2D eigenvalue weighted by Crippen LogP contribution is 2.24. The van der Waals surface area contributed by atoms with Gasteiger partial charge < -0.3 is 11.1 Å². The van der Waals surface area contributed by atoms with Crippen LogP contribution in [0, 0.1) is 0 Å². The van der Waals surface area contributed by atoms with Crippen LogP contribution in [0.25, 0.3) is 0 Å². The second-order valence-corrected chi connectivity index (χ2v) is 4.32. The molecule has 0 radical (unpaired) electrons. The minimum absolute atomic E-state index is 0.239. The minimum atomic E-state index is -0.434. The fourth-order valence-corrected chi connectivity index (χ4v) is 1.86. The summed E-state index contributed by atoms with van der Waals surface area (Å²) in [6.45, 7) is 0. The van der Waals surface area contributed by atoms with Crippen molar-refractivity contribution in [1.29, 1.82) is 0 Å². The highest BCUT2D eigenvalue weighted by molar-refractivity contribution is 6.31. The van der Waals surface area contributed by atoms with Crippen molar-refractivity contribution in [1.82, 2.24) is 5.32 Å². The summed E-state index contributed by atoms with van der Waals surface area (Å²) < 4.78 is 0. The van der Waals surface area contributed by atoms with E-state index in [1.807, 2.05) is 0 Å². The summed E-state index contributed by atoms with van der Waals surface area (Å²) in [5, 5.41) is 5.81. The number of hydrogen-bond donors (Lipinski definition) is 3. The van der Waals surface area contributed by atoms with Crippen molar-refractivity contribution < 1.29 is 9.59 Å². The van der Waals surface area contributed by atoms with Crippen molar-refractivity contribution in [2.24, 2.45) is 0 Å². The first kappa shape index (κ1) is 11.7. The van der Waals surface area contributed by atoms with E-state index in [0.29, 0.717) is 29.2 Å². The van der Waals surface area contributed by atoms with E-state index in [0.717, 1.165) is 0 Å². The maximum Gasteiger partial charge on any atom is 0.249 e. The van der Waals surface area contributed by atoms with Crippen LogP contribution in [-0.2, 0) is 9.59 Å². The molecular weight excluding hydrogens is 242 g/mol. The van der Waals surface area contributed by atoms with Crippen molar-refractivity contribution in [2.45, 2.75) is 18.9 Å². The molecule has 1 aliphatic rings. The largest absolute Gasteiger partial charge is 0.397 e. The Hall–Kier alpha value is -1.75. The molecule has 5 nitrogen and oxygen atoms in total. The fraction of sp³-hybridized carbons (Fsp3) is 0.273. The summed E-state index contributed by atoms with van der Waals surface area (Å²) in [5.41, 5.74) is 6.88. The lowest BCUT2D eigenvalue weighted by Gasteiger charge is -2.23. The van der Waals surface area contributed by atoms with Gasteiger partial charge in [0.05, 0.1) is 11.4 Å². The molecule has 1 saturated heterocycles. The Morgan fingerprint density at radius 2 is 2.18 bits per heavy atom. The summed E-state index contributed by atoms with van der Waals surface area (Å²) in [6, 6.07) is 4.57. The highest BCUT2D eigenvalue weighted by Gasteiger charge is 2.26. The fourth-order valence-electron chi connectivity index (χ4n) is 1.68. The van der Waals surface area contributed by atoms with E-state index >= 15 is 0 Å². The molecule has 17 heavy (non-hydrogen) atoms. The topological polar surface area (TPSA) is 84.2 Å². The number of amides is 2. The Labute approximate surface area is 103 Å². The zero-order chi connectivity index (χ0) is 12.4. The summed E-state index contributed by atoms with van der Waals surface area (Å²) in [7, 11) is 0. The number of halogens is 1. The van der Waals surface area contributed by atoms with Gasteiger partial charge in [0.1, 0.15) is 6.04 Å². The molecule has 4 N–H and O–H groups in total. The van der Waals surface area contributed by atoms with Crippen LogP contribution < -0.4 is 16.4 Å². The van der Waals surface area contributed by atoms with E-state index in [2.05, 4.69) is 10.6 Å². The van der Waals surface area contributed by atoms with Crippen LogP contribution in [0.2, 0.25) is 5.02 Å². The summed E-state index contributed by atoms with van der Waals surface area (Å²) in [4.78, 5) is 22.5. The number of rotatable bonds is 2. The smallest absolute Gasteiger partial charge is 0.249 e. The molecule has 90 valence electrons. The summed E-state index contributed by atoms with van der Waals surface area (Å²) in [6.07, 6.45) is 0.795. The first-order valence-electron chi connectivity index (χ1n) is 5.21. The minimum Gasteiger partial charge on any atom is -0.397 e. The van der Waals surface area contributed by atoms with E-state index in [9.17, 15) is 9.59 Å². The van der Waals surface area contributed by atoms with Gasteiger partial charge >= 0.3 is 0 Å². The number of imide groups is 1. The Morgan fingerprint density at radius 1 is 1.41 bits per heavy atom. The van der Waals surface area contributed by atoms with Crippen molar-refractivity contribution >= 4 is 34.8 Å². The molecule has 6 heteroatoms. The Kier molecular flexibility index (Phi) is 3.19. The second-order valence-electron chi connectivity index (χ2n) is 3.88. The number of hydrogen-bond acceptors (Lipinski definition) is 4. The molecule has 0 aromatic heterocycles. The molecule has 2 rings (SSSR count). The van der Waals surface area contributed by atoms with Gasteiger partial charge in [0.25, 0.3) is 0 Å². The summed E-state index contributed by atoms with van der Waals surface area (Å²) >= 11 is 5.78. The number of carbonyl (C=O) groups is 2. The maximum atomic E-state index is 11.5. The number of anilines is 2. The van der Waals surface area contributed by atoms with E-state index < -0.39 is 6.04 Å². The number of benzene rings is 1. The van der Waals surface area contributed by atoms with Gasteiger partial charge in [-0.15, -0.1) is 0 Å². The quantitative estimate of drug-likeness (QED) is 0.545. The molecule has 1 unspecified atom stereocenters. The van der Waals surface area contributed by atoms with Gasteiger partial charge in [-0.05, 0) is 24.6 Å². The van der Waals surface area contributed by atoms with Crippen LogP contribution in [0.5, 0.6) is 0 Å². The van der Waals surface area contributed by atoms with E-state index in [4.69, 9.17) is 17.3 Å². The third-order valence-corrected chi connectivity index (χ3v) is 2.82. The van der Waals surface area contributed by atoms with Crippen LogP contribution in [-0.4, -0.2) is 17.9 Å². The maximum absolute atomic E-state index is 11.5. The molecule has 0 spiro atoms. The van der Waals surface area contributed by atoms with Gasteiger partial charge in [-0.2, -0.15) is 0 Å². The molecule has 0 aliphatic carbocycles. The number of nitrogens with one attached hydrogen (secondary N) is 2. The average Bonchev–Trinajstić information content (AvgIpc) is 2.25. The van der Waals surface area contributed by atoms with E-state index in [1.165, 1.54) is 0 Å². The molecule has 1 fully saturated rings. The molecule has 0 saturated carbocycles. The molecule has 2 amide bonds. The highest BCUT2D eigenvalue weighted by atomic mass is 35.5. The lowest BCUT2D eigenvalue weighted by atomic mass is 10.1. The van der Waals surface area contributed by atoms with Crippen LogP contribution in [0.1, 0.15) is 12.8 Å². The second kappa shape index (κ2) is 4.63. The molecule has 1 heterocycles. The zero-order valence-corrected chi connectivity index (χ0v) is 9.75. The summed E-state index contributed by atoms with van der Waals surface area (Å²) in [5.74, 6) is -0.562. The molecule has 1 aromatic rings. The number of nitrogen functional groups attached to an aromatic ring is 1. The Bertz CT molecular complexity index is 476. The van der Waals surface area contributed by atoms with Crippen LogP contribution in [0.3, 0.4) is 0 Å². The van der Waals surface area contributed by atoms with Gasteiger partial charge in [0, 0.05) is 11.4 Å². The molecule has 0 bridgehead atoms. The van der Waals surface area contributed by atoms with Crippen LogP contribution >= 0.6 is 11.6 Å². The van der Waals surface area contributed by atoms with Gasteiger partial charge in [-0.1, -0.05) is 11.6 Å². The van der Waals surface area contributed by atoms with Crippen molar-refractivity contribution in [3.8, 4) is 0 Å². The first-order chi connectivity index (χ1) is 8.06.